The van der Waals surface area contributed by atoms with Crippen LogP contribution in [0.4, 0.5) is 24.5 Å². The van der Waals surface area contributed by atoms with Gasteiger partial charge < -0.3 is 9.80 Å². The van der Waals surface area contributed by atoms with E-state index in [1.54, 1.807) is 12.1 Å². The zero-order valence-electron chi connectivity index (χ0n) is 16.3. The molecule has 0 unspecified atom stereocenters. The summed E-state index contributed by atoms with van der Waals surface area (Å²) in [5.41, 5.74) is 0.197. The maximum atomic E-state index is 13.0. The van der Waals surface area contributed by atoms with E-state index in [1.165, 1.54) is 18.2 Å². The van der Waals surface area contributed by atoms with Crippen molar-refractivity contribution in [2.45, 2.75) is 18.6 Å². The number of benzene rings is 2. The minimum absolute atomic E-state index is 0.0813. The lowest BCUT2D eigenvalue weighted by Gasteiger charge is -2.35. The molecule has 0 aromatic heterocycles. The molecule has 164 valence electrons. The number of anilines is 2. The van der Waals surface area contributed by atoms with Crippen molar-refractivity contribution in [2.75, 3.05) is 36.0 Å². The van der Waals surface area contributed by atoms with Gasteiger partial charge in [-0.15, -0.1) is 0 Å². The van der Waals surface area contributed by atoms with Gasteiger partial charge in [-0.2, -0.15) is 13.2 Å². The second-order valence-corrected chi connectivity index (χ2v) is 8.43. The van der Waals surface area contributed by atoms with E-state index in [4.69, 9.17) is 23.2 Å². The average Bonchev–Trinajstić information content (AvgIpc) is 3.04. The Kier molecular flexibility index (Phi) is 5.89. The van der Waals surface area contributed by atoms with Crippen molar-refractivity contribution in [1.29, 1.82) is 0 Å². The Hall–Kier alpha value is -2.29. The molecule has 2 aromatic rings. The minimum atomic E-state index is -4.40. The molecule has 2 saturated heterocycles. The molecule has 2 fully saturated rings. The van der Waals surface area contributed by atoms with Crippen LogP contribution < -0.4 is 14.7 Å². The van der Waals surface area contributed by atoms with Gasteiger partial charge in [-0.3, -0.25) is 9.59 Å². The van der Waals surface area contributed by atoms with E-state index in [2.05, 4.69) is 0 Å². The monoisotopic (exact) mass is 472 g/mol. The molecule has 0 radical (unpaired) electrons. The Balaban J connectivity index is 1.44. The highest BCUT2D eigenvalue weighted by Gasteiger charge is 2.46. The summed E-state index contributed by atoms with van der Waals surface area (Å²) in [6.45, 7) is 2.05. The van der Waals surface area contributed by atoms with Crippen molar-refractivity contribution in [3.63, 3.8) is 0 Å². The summed E-state index contributed by atoms with van der Waals surface area (Å²) in [5.74, 6) is -0.605. The quantitative estimate of drug-likeness (QED) is 0.698. The van der Waals surface area contributed by atoms with Gasteiger partial charge in [0.25, 0.3) is 5.91 Å². The number of imide groups is 1. The number of quaternary nitrogens is 1. The lowest BCUT2D eigenvalue weighted by Crippen LogP contribution is -3.19. The number of nitrogens with zero attached hydrogens (tertiary/aromatic N) is 2. The van der Waals surface area contributed by atoms with Gasteiger partial charge in [0.05, 0.1) is 53.9 Å². The van der Waals surface area contributed by atoms with Crippen molar-refractivity contribution >= 4 is 46.4 Å². The van der Waals surface area contributed by atoms with E-state index in [1.807, 2.05) is 4.90 Å². The van der Waals surface area contributed by atoms with Crippen LogP contribution in [0.3, 0.4) is 0 Å². The SMILES string of the molecule is O=C1C[C@H]([NH+]2CCN(c3cccc(C(F)(F)F)c3)CC2)C(=O)N1c1ccc(Cl)c(Cl)c1. The second kappa shape index (κ2) is 8.33. The molecule has 31 heavy (non-hydrogen) atoms. The van der Waals surface area contributed by atoms with E-state index < -0.39 is 17.8 Å². The number of amides is 2. The molecule has 0 spiro atoms. The Morgan fingerprint density at radius 1 is 0.935 bits per heavy atom. The normalized spacial score (nSPS) is 20.6. The Morgan fingerprint density at radius 2 is 1.65 bits per heavy atom. The highest BCUT2D eigenvalue weighted by atomic mass is 35.5. The van der Waals surface area contributed by atoms with Crippen LogP contribution in [0.5, 0.6) is 0 Å². The Labute approximate surface area is 186 Å². The van der Waals surface area contributed by atoms with Crippen LogP contribution in [-0.2, 0) is 15.8 Å². The molecule has 1 N–H and O–H groups in total. The first-order valence-corrected chi connectivity index (χ1v) is 10.5. The number of hydrogen-bond acceptors (Lipinski definition) is 3. The standard InChI is InChI=1S/C21H18Cl2F3N3O2/c22-16-5-4-15(11-17(16)23)29-19(30)12-18(20(29)31)28-8-6-27(7-9-28)14-3-1-2-13(10-14)21(24,25)26/h1-5,10-11,18H,6-9,12H2/p+1/t18-/m0/s1. The van der Waals surface area contributed by atoms with E-state index in [0.717, 1.165) is 21.9 Å². The molecular weight excluding hydrogens is 454 g/mol. The molecule has 2 heterocycles. The average molecular weight is 473 g/mol. The van der Waals surface area contributed by atoms with Crippen molar-refractivity contribution in [1.82, 2.24) is 0 Å². The predicted molar refractivity (Wildman–Crippen MR) is 112 cm³/mol. The van der Waals surface area contributed by atoms with Crippen LogP contribution in [0.1, 0.15) is 12.0 Å². The first-order valence-electron chi connectivity index (χ1n) is 9.74. The molecule has 2 aliphatic rings. The molecule has 2 amide bonds. The number of halogens is 5. The van der Waals surface area contributed by atoms with Crippen molar-refractivity contribution < 1.29 is 27.7 Å². The number of nitrogens with one attached hydrogen (secondary N) is 1. The molecular formula is C21H19Cl2F3N3O2+. The molecule has 4 rings (SSSR count). The van der Waals surface area contributed by atoms with Gasteiger partial charge in [-0.05, 0) is 36.4 Å². The number of carbonyl (C=O) groups is 2. The summed E-state index contributed by atoms with van der Waals surface area (Å²) in [7, 11) is 0. The fraction of sp³-hybridized carbons (Fsp3) is 0.333. The Bertz CT molecular complexity index is 1020. The third kappa shape index (κ3) is 4.37. The second-order valence-electron chi connectivity index (χ2n) is 7.62. The maximum Gasteiger partial charge on any atom is 0.416 e. The van der Waals surface area contributed by atoms with Crippen molar-refractivity contribution in [2.24, 2.45) is 0 Å². The zero-order chi connectivity index (χ0) is 22.3. The smallest absolute Gasteiger partial charge is 0.360 e. The summed E-state index contributed by atoms with van der Waals surface area (Å²) in [6.07, 6.45) is -4.31. The Morgan fingerprint density at radius 3 is 2.29 bits per heavy atom. The molecule has 0 aliphatic carbocycles. The molecule has 0 bridgehead atoms. The van der Waals surface area contributed by atoms with E-state index >= 15 is 0 Å². The fourth-order valence-electron chi connectivity index (χ4n) is 4.13. The summed E-state index contributed by atoms with van der Waals surface area (Å²) in [5, 5.41) is 0.586. The van der Waals surface area contributed by atoms with Gasteiger partial charge in [0.2, 0.25) is 5.91 Å². The fourth-order valence-corrected chi connectivity index (χ4v) is 4.42. The van der Waals surface area contributed by atoms with Crippen LogP contribution in [0, 0.1) is 0 Å². The van der Waals surface area contributed by atoms with Gasteiger partial charge in [0, 0.05) is 5.69 Å². The molecule has 10 heteroatoms. The van der Waals surface area contributed by atoms with Gasteiger partial charge in [-0.25, -0.2) is 4.90 Å². The molecule has 2 aliphatic heterocycles. The van der Waals surface area contributed by atoms with Crippen LogP contribution in [0.2, 0.25) is 10.0 Å². The van der Waals surface area contributed by atoms with Gasteiger partial charge >= 0.3 is 6.18 Å². The summed E-state index contributed by atoms with van der Waals surface area (Å²) < 4.78 is 39.0. The molecule has 5 nitrogen and oxygen atoms in total. The maximum absolute atomic E-state index is 13.0. The molecule has 1 atom stereocenters. The van der Waals surface area contributed by atoms with Crippen LogP contribution in [0.25, 0.3) is 0 Å². The lowest BCUT2D eigenvalue weighted by molar-refractivity contribution is -0.915. The third-order valence-corrected chi connectivity index (χ3v) is 6.48. The van der Waals surface area contributed by atoms with Gasteiger partial charge in [0.15, 0.2) is 6.04 Å². The molecule has 0 saturated carbocycles. The van der Waals surface area contributed by atoms with E-state index in [0.29, 0.717) is 42.6 Å². The van der Waals surface area contributed by atoms with E-state index in [-0.39, 0.29) is 23.3 Å². The number of carbonyl (C=O) groups excluding carboxylic acids is 2. The highest BCUT2D eigenvalue weighted by molar-refractivity contribution is 6.42. The number of alkyl halides is 3. The number of hydrogen-bond donors (Lipinski definition) is 1. The first kappa shape index (κ1) is 21.9. The van der Waals surface area contributed by atoms with Gasteiger partial charge in [0.1, 0.15) is 0 Å². The summed E-state index contributed by atoms with van der Waals surface area (Å²) >= 11 is 11.9. The van der Waals surface area contributed by atoms with Crippen LogP contribution in [0.15, 0.2) is 42.5 Å². The zero-order valence-corrected chi connectivity index (χ0v) is 17.8. The van der Waals surface area contributed by atoms with Crippen molar-refractivity contribution in [3.05, 3.63) is 58.1 Å². The summed E-state index contributed by atoms with van der Waals surface area (Å²) in [4.78, 5) is 29.5. The lowest BCUT2D eigenvalue weighted by atomic mass is 10.1. The van der Waals surface area contributed by atoms with Gasteiger partial charge in [-0.1, -0.05) is 29.3 Å². The van der Waals surface area contributed by atoms with Crippen LogP contribution >= 0.6 is 23.2 Å². The number of rotatable bonds is 3. The summed E-state index contributed by atoms with van der Waals surface area (Å²) in [6, 6.07) is 9.31. The van der Waals surface area contributed by atoms with Crippen molar-refractivity contribution in [3.8, 4) is 0 Å². The predicted octanol–water partition coefficient (Wildman–Crippen LogP) is 3.05. The topological polar surface area (TPSA) is 45.1 Å². The third-order valence-electron chi connectivity index (χ3n) is 5.75. The largest absolute Gasteiger partial charge is 0.416 e. The van der Waals surface area contributed by atoms with E-state index in [9.17, 15) is 22.8 Å². The first-order chi connectivity index (χ1) is 14.6. The van der Waals surface area contributed by atoms with Crippen LogP contribution in [-0.4, -0.2) is 44.0 Å². The minimum Gasteiger partial charge on any atom is -0.360 e. The molecule has 2 aromatic carbocycles. The number of piperazine rings is 1. The highest BCUT2D eigenvalue weighted by Crippen LogP contribution is 2.32.